The van der Waals surface area contributed by atoms with Crippen LogP contribution in [0.4, 0.5) is 24.9 Å². The SMILES string of the molecule is CC(CO)n1nc(-c2ccc(CC(=O)Nc3cc(C45CCC(C(F)(F)F)(CC4)C5)no3)cc2)c(C#N)c1N. The normalized spacial score (nSPS) is 23.4. The first-order valence-electron chi connectivity index (χ1n) is 12.3. The summed E-state index contributed by atoms with van der Waals surface area (Å²) in [6.45, 7) is 1.54. The minimum atomic E-state index is -4.23. The van der Waals surface area contributed by atoms with Crippen molar-refractivity contribution in [1.82, 2.24) is 14.9 Å². The van der Waals surface area contributed by atoms with Gasteiger partial charge in [-0.15, -0.1) is 0 Å². The number of alkyl halides is 3. The molecule has 2 fully saturated rings. The number of fused-ring (bicyclic) bond motifs is 2. The molecule has 2 heterocycles. The molecule has 2 aliphatic carbocycles. The third-order valence-corrected chi connectivity index (χ3v) is 8.09. The molecule has 2 bridgehead atoms. The first-order chi connectivity index (χ1) is 18.0. The topological polar surface area (TPSA) is 143 Å². The van der Waals surface area contributed by atoms with Crippen molar-refractivity contribution in [3.05, 3.63) is 47.2 Å². The Kier molecular flexibility index (Phi) is 6.22. The molecule has 0 spiro atoms. The number of aliphatic hydroxyl groups is 1. The van der Waals surface area contributed by atoms with Gasteiger partial charge in [0.2, 0.25) is 11.8 Å². The van der Waals surface area contributed by atoms with Crippen LogP contribution in [0.5, 0.6) is 0 Å². The summed E-state index contributed by atoms with van der Waals surface area (Å²) in [6, 6.07) is 10.1. The highest BCUT2D eigenvalue weighted by atomic mass is 19.4. The lowest BCUT2D eigenvalue weighted by molar-refractivity contribution is -0.220. The number of hydrogen-bond donors (Lipinski definition) is 3. The van der Waals surface area contributed by atoms with Gasteiger partial charge >= 0.3 is 6.18 Å². The quantitative estimate of drug-likeness (QED) is 0.410. The summed E-state index contributed by atoms with van der Waals surface area (Å²) in [5.74, 6) is -0.105. The number of aromatic nitrogens is 3. The number of nitrogen functional groups attached to an aromatic ring is 1. The number of benzene rings is 1. The Morgan fingerprint density at radius 3 is 2.55 bits per heavy atom. The molecule has 3 aromatic rings. The Hall–Kier alpha value is -3.85. The third-order valence-electron chi connectivity index (χ3n) is 8.09. The molecule has 1 atom stereocenters. The zero-order valence-corrected chi connectivity index (χ0v) is 20.7. The third kappa shape index (κ3) is 4.20. The highest BCUT2D eigenvalue weighted by Gasteiger charge is 2.67. The molecule has 4 N–H and O–H groups in total. The number of nitriles is 1. The summed E-state index contributed by atoms with van der Waals surface area (Å²) in [4.78, 5) is 12.6. The number of rotatable bonds is 7. The van der Waals surface area contributed by atoms with E-state index in [0.29, 0.717) is 35.4 Å². The molecule has 0 aliphatic heterocycles. The summed E-state index contributed by atoms with van der Waals surface area (Å²) >= 11 is 0. The average molecular weight is 529 g/mol. The Balaban J connectivity index is 1.24. The van der Waals surface area contributed by atoms with E-state index in [9.17, 15) is 28.3 Å². The fourth-order valence-electron chi connectivity index (χ4n) is 5.84. The first kappa shape index (κ1) is 25.8. The predicted octanol–water partition coefficient (Wildman–Crippen LogP) is 4.49. The number of amides is 1. The van der Waals surface area contributed by atoms with Crippen molar-refractivity contribution in [1.29, 1.82) is 5.26 Å². The molecule has 5 rings (SSSR count). The maximum atomic E-state index is 13.6. The maximum Gasteiger partial charge on any atom is 0.394 e. The van der Waals surface area contributed by atoms with Gasteiger partial charge in [-0.1, -0.05) is 29.4 Å². The number of carbonyl (C=O) groups is 1. The van der Waals surface area contributed by atoms with Crippen LogP contribution in [0.2, 0.25) is 0 Å². The molecule has 0 radical (unpaired) electrons. The number of anilines is 2. The molecule has 12 heteroatoms. The highest BCUT2D eigenvalue weighted by molar-refractivity contribution is 5.91. The van der Waals surface area contributed by atoms with Gasteiger partial charge in [0.05, 0.1) is 30.2 Å². The summed E-state index contributed by atoms with van der Waals surface area (Å²) in [7, 11) is 0. The van der Waals surface area contributed by atoms with Crippen LogP contribution >= 0.6 is 0 Å². The Morgan fingerprint density at radius 1 is 1.29 bits per heavy atom. The lowest BCUT2D eigenvalue weighted by Gasteiger charge is -2.29. The number of halogens is 3. The fraction of sp³-hybridized carbons (Fsp3) is 0.462. The van der Waals surface area contributed by atoms with Crippen LogP contribution in [0.1, 0.15) is 61.9 Å². The largest absolute Gasteiger partial charge is 0.394 e. The zero-order valence-electron chi connectivity index (χ0n) is 20.7. The number of nitrogens with two attached hydrogens (primary N) is 1. The molecule has 0 saturated heterocycles. The summed E-state index contributed by atoms with van der Waals surface area (Å²) in [6.07, 6.45) is -3.24. The number of hydrogen-bond acceptors (Lipinski definition) is 7. The van der Waals surface area contributed by atoms with Crippen molar-refractivity contribution in [2.24, 2.45) is 5.41 Å². The monoisotopic (exact) mass is 528 g/mol. The van der Waals surface area contributed by atoms with E-state index in [1.54, 1.807) is 31.2 Å². The van der Waals surface area contributed by atoms with Crippen LogP contribution in [0.3, 0.4) is 0 Å². The van der Waals surface area contributed by atoms with Crippen LogP contribution in [-0.2, 0) is 16.6 Å². The molecular weight excluding hydrogens is 501 g/mol. The van der Waals surface area contributed by atoms with E-state index in [0.717, 1.165) is 0 Å². The first-order valence-corrected chi connectivity index (χ1v) is 12.3. The van der Waals surface area contributed by atoms with Gasteiger partial charge in [-0.25, -0.2) is 4.68 Å². The van der Waals surface area contributed by atoms with Crippen LogP contribution in [0.25, 0.3) is 11.3 Å². The highest BCUT2D eigenvalue weighted by Crippen LogP contribution is 2.67. The van der Waals surface area contributed by atoms with E-state index in [4.69, 9.17) is 10.3 Å². The molecule has 1 amide bonds. The van der Waals surface area contributed by atoms with E-state index < -0.39 is 23.0 Å². The Labute approximate surface area is 216 Å². The molecule has 1 aromatic carbocycles. The van der Waals surface area contributed by atoms with Gasteiger partial charge in [-0.05, 0) is 44.6 Å². The van der Waals surface area contributed by atoms with E-state index >= 15 is 0 Å². The standard InChI is InChI=1S/C26H27F3N6O3/c1-15(13-36)35-23(31)18(12-30)22(33-35)17-4-2-16(3-5-17)10-20(37)32-21-11-19(34-38-21)24-6-8-25(14-24,9-7-24)26(27,28)29/h2-5,11,15,36H,6-10,13-14,31H2,1H3,(H,32,37). The minimum Gasteiger partial charge on any atom is -0.394 e. The van der Waals surface area contributed by atoms with Gasteiger partial charge in [-0.2, -0.15) is 23.5 Å². The molecule has 1 unspecified atom stereocenters. The maximum absolute atomic E-state index is 13.6. The van der Waals surface area contributed by atoms with E-state index in [1.165, 1.54) is 10.7 Å². The lowest BCUT2D eigenvalue weighted by Crippen LogP contribution is -2.33. The van der Waals surface area contributed by atoms with Crippen molar-refractivity contribution < 1.29 is 27.6 Å². The number of nitrogens with zero attached hydrogens (tertiary/aromatic N) is 4. The van der Waals surface area contributed by atoms with Gasteiger partial charge in [0.1, 0.15) is 23.1 Å². The van der Waals surface area contributed by atoms with Crippen LogP contribution in [0.15, 0.2) is 34.9 Å². The fourth-order valence-corrected chi connectivity index (χ4v) is 5.84. The van der Waals surface area contributed by atoms with Crippen LogP contribution in [-0.4, -0.2) is 38.7 Å². The van der Waals surface area contributed by atoms with E-state index in [2.05, 4.69) is 21.6 Å². The second-order valence-electron chi connectivity index (χ2n) is 10.4. The molecule has 2 aromatic heterocycles. The Morgan fingerprint density at radius 2 is 1.97 bits per heavy atom. The van der Waals surface area contributed by atoms with Crippen molar-refractivity contribution in [2.45, 2.75) is 63.1 Å². The van der Waals surface area contributed by atoms with Crippen LogP contribution in [0, 0.1) is 16.7 Å². The molecular formula is C26H27F3N6O3. The number of carbonyl (C=O) groups excluding carboxylic acids is 1. The molecule has 200 valence electrons. The second kappa shape index (κ2) is 9.16. The smallest absolute Gasteiger partial charge is 0.394 e. The van der Waals surface area contributed by atoms with Gasteiger partial charge in [-0.3, -0.25) is 10.1 Å². The van der Waals surface area contributed by atoms with Gasteiger partial charge in [0, 0.05) is 17.0 Å². The lowest BCUT2D eigenvalue weighted by atomic mass is 9.80. The van der Waals surface area contributed by atoms with Crippen molar-refractivity contribution in [2.75, 3.05) is 17.7 Å². The second-order valence-corrected chi connectivity index (χ2v) is 10.4. The summed E-state index contributed by atoms with van der Waals surface area (Å²) in [5, 5.41) is 30.0. The Bertz CT molecular complexity index is 1390. The molecule has 2 saturated carbocycles. The van der Waals surface area contributed by atoms with Gasteiger partial charge in [0.15, 0.2) is 0 Å². The van der Waals surface area contributed by atoms with Crippen molar-refractivity contribution in [3.63, 3.8) is 0 Å². The number of aliphatic hydroxyl groups excluding tert-OH is 1. The number of nitrogens with one attached hydrogen (secondary N) is 1. The van der Waals surface area contributed by atoms with E-state index in [1.807, 2.05) is 0 Å². The zero-order chi connectivity index (χ0) is 27.3. The van der Waals surface area contributed by atoms with Crippen LogP contribution < -0.4 is 11.1 Å². The molecule has 38 heavy (non-hydrogen) atoms. The van der Waals surface area contributed by atoms with Gasteiger partial charge < -0.3 is 15.4 Å². The molecule has 9 nitrogen and oxygen atoms in total. The van der Waals surface area contributed by atoms with Crippen molar-refractivity contribution >= 4 is 17.6 Å². The van der Waals surface area contributed by atoms with E-state index in [-0.39, 0.29) is 55.5 Å². The van der Waals surface area contributed by atoms with Crippen molar-refractivity contribution in [3.8, 4) is 17.3 Å². The molecule has 2 aliphatic rings. The van der Waals surface area contributed by atoms with Gasteiger partial charge in [0.25, 0.3) is 0 Å². The predicted molar refractivity (Wildman–Crippen MR) is 131 cm³/mol. The average Bonchev–Trinajstić information content (AvgIpc) is 3.66. The summed E-state index contributed by atoms with van der Waals surface area (Å²) < 4.78 is 47.5. The minimum absolute atomic E-state index is 0.00604. The summed E-state index contributed by atoms with van der Waals surface area (Å²) in [5.41, 5.74) is 6.08.